The van der Waals surface area contributed by atoms with E-state index in [0.29, 0.717) is 24.7 Å². The molecule has 2 N–H and O–H groups in total. The first-order valence-electron chi connectivity index (χ1n) is 8.35. The molecule has 0 aromatic heterocycles. The van der Waals surface area contributed by atoms with E-state index >= 15 is 0 Å². The van der Waals surface area contributed by atoms with Crippen molar-refractivity contribution < 1.29 is 9.53 Å². The van der Waals surface area contributed by atoms with Crippen LogP contribution in [0.2, 0.25) is 5.02 Å². The van der Waals surface area contributed by atoms with Gasteiger partial charge in [0.2, 0.25) is 0 Å². The Hall–Kier alpha value is -2.20. The molecule has 0 aliphatic carbocycles. The quantitative estimate of drug-likeness (QED) is 0.744. The normalized spacial score (nSPS) is 11.0. The van der Waals surface area contributed by atoms with E-state index in [1.165, 1.54) is 5.56 Å². The second-order valence-corrected chi connectivity index (χ2v) is 7.23. The Morgan fingerprint density at radius 2 is 1.72 bits per heavy atom. The first kappa shape index (κ1) is 19.1. The van der Waals surface area contributed by atoms with Gasteiger partial charge in [0.05, 0.1) is 6.54 Å². The van der Waals surface area contributed by atoms with E-state index in [-0.39, 0.29) is 11.4 Å². The van der Waals surface area contributed by atoms with Crippen molar-refractivity contribution in [3.05, 3.63) is 64.7 Å². The molecule has 0 fully saturated rings. The van der Waals surface area contributed by atoms with Gasteiger partial charge >= 0.3 is 6.03 Å². The average molecular weight is 361 g/mol. The zero-order valence-electron chi connectivity index (χ0n) is 14.9. The molecule has 2 aromatic rings. The monoisotopic (exact) mass is 360 g/mol. The van der Waals surface area contributed by atoms with Crippen LogP contribution < -0.4 is 15.4 Å². The SMILES string of the molecule is CC(C)(C)c1ccc(OCCNC(=O)NCc2ccccc2Cl)cc1. The molecule has 0 heterocycles. The van der Waals surface area contributed by atoms with E-state index in [9.17, 15) is 4.79 Å². The van der Waals surface area contributed by atoms with Crippen LogP contribution in [0, 0.1) is 0 Å². The van der Waals surface area contributed by atoms with Gasteiger partial charge in [-0.25, -0.2) is 4.79 Å². The second-order valence-electron chi connectivity index (χ2n) is 6.82. The van der Waals surface area contributed by atoms with E-state index < -0.39 is 0 Å². The van der Waals surface area contributed by atoms with Crippen LogP contribution in [0.4, 0.5) is 4.79 Å². The van der Waals surface area contributed by atoms with E-state index in [2.05, 4.69) is 43.5 Å². The van der Waals surface area contributed by atoms with Gasteiger partial charge in [0.1, 0.15) is 12.4 Å². The molecule has 0 bridgehead atoms. The number of urea groups is 1. The molecule has 0 aliphatic heterocycles. The summed E-state index contributed by atoms with van der Waals surface area (Å²) in [5, 5.41) is 6.18. The topological polar surface area (TPSA) is 50.4 Å². The summed E-state index contributed by atoms with van der Waals surface area (Å²) in [4.78, 5) is 11.8. The van der Waals surface area contributed by atoms with Gasteiger partial charge in [-0.15, -0.1) is 0 Å². The first-order chi connectivity index (χ1) is 11.9. The van der Waals surface area contributed by atoms with Crippen molar-refractivity contribution in [3.63, 3.8) is 0 Å². The van der Waals surface area contributed by atoms with Crippen molar-refractivity contribution in [2.75, 3.05) is 13.2 Å². The number of hydrogen-bond acceptors (Lipinski definition) is 2. The van der Waals surface area contributed by atoms with Crippen molar-refractivity contribution in [1.29, 1.82) is 0 Å². The van der Waals surface area contributed by atoms with Crippen LogP contribution >= 0.6 is 11.6 Å². The fraction of sp³-hybridized carbons (Fsp3) is 0.350. The molecule has 134 valence electrons. The lowest BCUT2D eigenvalue weighted by molar-refractivity contribution is 0.236. The van der Waals surface area contributed by atoms with Crippen LogP contribution in [0.5, 0.6) is 5.75 Å². The van der Waals surface area contributed by atoms with Gasteiger partial charge in [-0.2, -0.15) is 0 Å². The Bertz CT molecular complexity index is 694. The summed E-state index contributed by atoms with van der Waals surface area (Å²) in [6, 6.07) is 15.2. The molecule has 0 saturated carbocycles. The molecule has 0 unspecified atom stereocenters. The zero-order chi connectivity index (χ0) is 18.3. The second kappa shape index (κ2) is 8.77. The highest BCUT2D eigenvalue weighted by Gasteiger charge is 2.12. The summed E-state index contributed by atoms with van der Waals surface area (Å²) in [5.41, 5.74) is 2.27. The molecule has 25 heavy (non-hydrogen) atoms. The number of carbonyl (C=O) groups is 1. The van der Waals surface area contributed by atoms with Crippen LogP contribution in [0.3, 0.4) is 0 Å². The molecular formula is C20H25ClN2O2. The Labute approximate surface area is 154 Å². The van der Waals surface area contributed by atoms with Crippen molar-refractivity contribution in [2.24, 2.45) is 0 Å². The van der Waals surface area contributed by atoms with E-state index in [4.69, 9.17) is 16.3 Å². The van der Waals surface area contributed by atoms with Crippen LogP contribution in [-0.4, -0.2) is 19.2 Å². The van der Waals surface area contributed by atoms with Crippen molar-refractivity contribution in [1.82, 2.24) is 10.6 Å². The lowest BCUT2D eigenvalue weighted by Crippen LogP contribution is -2.37. The van der Waals surface area contributed by atoms with Gasteiger partial charge < -0.3 is 15.4 Å². The van der Waals surface area contributed by atoms with Crippen LogP contribution in [0.15, 0.2) is 48.5 Å². The molecule has 2 rings (SSSR count). The Morgan fingerprint density at radius 3 is 2.36 bits per heavy atom. The predicted octanol–water partition coefficient (Wildman–Crippen LogP) is 4.52. The van der Waals surface area contributed by atoms with Crippen molar-refractivity contribution in [2.45, 2.75) is 32.7 Å². The average Bonchev–Trinajstić information content (AvgIpc) is 2.57. The molecule has 0 radical (unpaired) electrons. The maximum atomic E-state index is 11.8. The smallest absolute Gasteiger partial charge is 0.315 e. The lowest BCUT2D eigenvalue weighted by Gasteiger charge is -2.19. The fourth-order valence-electron chi connectivity index (χ4n) is 2.26. The highest BCUT2D eigenvalue weighted by molar-refractivity contribution is 6.31. The van der Waals surface area contributed by atoms with E-state index in [1.54, 1.807) is 6.07 Å². The predicted molar refractivity (Wildman–Crippen MR) is 102 cm³/mol. The number of amides is 2. The maximum absolute atomic E-state index is 11.8. The summed E-state index contributed by atoms with van der Waals surface area (Å²) in [7, 11) is 0. The molecule has 5 heteroatoms. The molecular weight excluding hydrogens is 336 g/mol. The summed E-state index contributed by atoms with van der Waals surface area (Å²) in [5.74, 6) is 0.797. The number of hydrogen-bond donors (Lipinski definition) is 2. The lowest BCUT2D eigenvalue weighted by atomic mass is 9.87. The minimum atomic E-state index is -0.244. The summed E-state index contributed by atoms with van der Waals surface area (Å²) >= 11 is 6.05. The Balaban J connectivity index is 1.67. The first-order valence-corrected chi connectivity index (χ1v) is 8.72. The van der Waals surface area contributed by atoms with Gasteiger partial charge in [0, 0.05) is 11.6 Å². The minimum absolute atomic E-state index is 0.125. The molecule has 2 amide bonds. The van der Waals surface area contributed by atoms with Crippen LogP contribution in [0.1, 0.15) is 31.9 Å². The molecule has 2 aromatic carbocycles. The van der Waals surface area contributed by atoms with Crippen molar-refractivity contribution >= 4 is 17.6 Å². The van der Waals surface area contributed by atoms with Gasteiger partial charge in [-0.05, 0) is 34.7 Å². The van der Waals surface area contributed by atoms with Crippen LogP contribution in [0.25, 0.3) is 0 Å². The molecule has 0 atom stereocenters. The highest BCUT2D eigenvalue weighted by atomic mass is 35.5. The molecule has 4 nitrogen and oxygen atoms in total. The number of ether oxygens (including phenoxy) is 1. The summed E-state index contributed by atoms with van der Waals surface area (Å²) in [6.45, 7) is 7.75. The van der Waals surface area contributed by atoms with E-state index in [0.717, 1.165) is 11.3 Å². The number of benzene rings is 2. The number of carbonyl (C=O) groups excluding carboxylic acids is 1. The van der Waals surface area contributed by atoms with Crippen molar-refractivity contribution in [3.8, 4) is 5.75 Å². The third-order valence-corrected chi connectivity index (χ3v) is 4.14. The molecule has 0 saturated heterocycles. The van der Waals surface area contributed by atoms with Crippen LogP contribution in [-0.2, 0) is 12.0 Å². The maximum Gasteiger partial charge on any atom is 0.315 e. The Kier molecular flexibility index (Phi) is 6.71. The third-order valence-electron chi connectivity index (χ3n) is 3.77. The number of nitrogens with one attached hydrogen (secondary N) is 2. The van der Waals surface area contributed by atoms with Gasteiger partial charge in [0.25, 0.3) is 0 Å². The van der Waals surface area contributed by atoms with E-state index in [1.807, 2.05) is 30.3 Å². The molecule has 0 aliphatic rings. The Morgan fingerprint density at radius 1 is 1.04 bits per heavy atom. The molecule has 0 spiro atoms. The summed E-state index contributed by atoms with van der Waals surface area (Å²) < 4.78 is 5.64. The van der Waals surface area contributed by atoms with Gasteiger partial charge in [0.15, 0.2) is 0 Å². The fourth-order valence-corrected chi connectivity index (χ4v) is 2.47. The van der Waals surface area contributed by atoms with Gasteiger partial charge in [-0.1, -0.05) is 62.7 Å². The third kappa shape index (κ3) is 6.31. The zero-order valence-corrected chi connectivity index (χ0v) is 15.7. The summed E-state index contributed by atoms with van der Waals surface area (Å²) in [6.07, 6.45) is 0. The largest absolute Gasteiger partial charge is 0.492 e. The highest BCUT2D eigenvalue weighted by Crippen LogP contribution is 2.24. The number of halogens is 1. The van der Waals surface area contributed by atoms with Gasteiger partial charge in [-0.3, -0.25) is 0 Å². The minimum Gasteiger partial charge on any atom is -0.492 e. The standard InChI is InChI=1S/C20H25ClN2O2/c1-20(2,3)16-8-10-17(11-9-16)25-13-12-22-19(24)23-14-15-6-4-5-7-18(15)21/h4-11H,12-14H2,1-3H3,(H2,22,23,24). The number of rotatable bonds is 6.